The van der Waals surface area contributed by atoms with E-state index in [1.165, 1.54) is 4.68 Å². The van der Waals surface area contributed by atoms with Crippen LogP contribution < -0.4 is 10.6 Å². The zero-order valence-corrected chi connectivity index (χ0v) is 12.3. The molecule has 0 radical (unpaired) electrons. The van der Waals surface area contributed by atoms with E-state index in [-0.39, 0.29) is 18.4 Å². The summed E-state index contributed by atoms with van der Waals surface area (Å²) in [4.78, 5) is 23.7. The highest BCUT2D eigenvalue weighted by Crippen LogP contribution is 2.04. The molecule has 0 saturated heterocycles. The summed E-state index contributed by atoms with van der Waals surface area (Å²) in [6, 6.07) is 1.67. The molecule has 2 aromatic heterocycles. The topological polar surface area (TPSA) is 93.8 Å². The Morgan fingerprint density at radius 1 is 1.38 bits per heavy atom. The van der Waals surface area contributed by atoms with Crippen LogP contribution in [0.3, 0.4) is 0 Å². The van der Waals surface area contributed by atoms with Gasteiger partial charge in [0.15, 0.2) is 0 Å². The lowest BCUT2D eigenvalue weighted by Gasteiger charge is -2.05. The monoisotopic (exact) mass is 290 g/mol. The summed E-state index contributed by atoms with van der Waals surface area (Å²) in [6.45, 7) is 4.37. The third-order valence-corrected chi connectivity index (χ3v) is 2.89. The van der Waals surface area contributed by atoms with Crippen molar-refractivity contribution < 1.29 is 9.59 Å². The number of nitrogens with zero attached hydrogens (tertiary/aromatic N) is 4. The SMILES string of the molecule is CCn1cc(NC(=O)CNC(=O)c2cc(C)nn2C)cn1. The van der Waals surface area contributed by atoms with Crippen molar-refractivity contribution in [1.82, 2.24) is 24.9 Å². The molecule has 8 heteroatoms. The van der Waals surface area contributed by atoms with Gasteiger partial charge in [-0.05, 0) is 19.9 Å². The van der Waals surface area contributed by atoms with Gasteiger partial charge in [0, 0.05) is 19.8 Å². The van der Waals surface area contributed by atoms with Gasteiger partial charge in [-0.15, -0.1) is 0 Å². The maximum Gasteiger partial charge on any atom is 0.269 e. The molecule has 2 aromatic rings. The van der Waals surface area contributed by atoms with Gasteiger partial charge < -0.3 is 10.6 Å². The van der Waals surface area contributed by atoms with E-state index in [9.17, 15) is 9.59 Å². The van der Waals surface area contributed by atoms with E-state index in [1.807, 2.05) is 6.92 Å². The zero-order valence-electron chi connectivity index (χ0n) is 12.3. The first kappa shape index (κ1) is 14.8. The van der Waals surface area contributed by atoms with Crippen LogP contribution in [0.1, 0.15) is 23.1 Å². The Bertz CT molecular complexity index is 657. The van der Waals surface area contributed by atoms with E-state index in [0.29, 0.717) is 11.4 Å². The maximum absolute atomic E-state index is 11.9. The van der Waals surface area contributed by atoms with E-state index in [2.05, 4.69) is 20.8 Å². The van der Waals surface area contributed by atoms with Crippen molar-refractivity contribution in [3.63, 3.8) is 0 Å². The quantitative estimate of drug-likeness (QED) is 0.829. The molecule has 0 bridgehead atoms. The Morgan fingerprint density at radius 3 is 2.71 bits per heavy atom. The van der Waals surface area contributed by atoms with Gasteiger partial charge >= 0.3 is 0 Å². The van der Waals surface area contributed by atoms with Crippen molar-refractivity contribution in [2.24, 2.45) is 7.05 Å². The summed E-state index contributed by atoms with van der Waals surface area (Å²) in [5, 5.41) is 13.4. The Balaban J connectivity index is 1.86. The largest absolute Gasteiger partial charge is 0.342 e. The number of carbonyl (C=O) groups is 2. The lowest BCUT2D eigenvalue weighted by molar-refractivity contribution is -0.115. The Hall–Kier alpha value is -2.64. The number of hydrogen-bond acceptors (Lipinski definition) is 4. The predicted octanol–water partition coefficient (Wildman–Crippen LogP) is 0.313. The number of hydrogen-bond donors (Lipinski definition) is 2. The van der Waals surface area contributed by atoms with Crippen LogP contribution in [0.4, 0.5) is 5.69 Å². The molecular formula is C13H18N6O2. The molecule has 0 spiro atoms. The number of aryl methyl sites for hydroxylation is 3. The lowest BCUT2D eigenvalue weighted by Crippen LogP contribution is -2.33. The second-order valence-corrected chi connectivity index (χ2v) is 4.61. The second kappa shape index (κ2) is 6.21. The minimum Gasteiger partial charge on any atom is -0.342 e. The van der Waals surface area contributed by atoms with Gasteiger partial charge in [0.2, 0.25) is 5.91 Å². The highest BCUT2D eigenvalue weighted by Gasteiger charge is 2.13. The van der Waals surface area contributed by atoms with Crippen LogP contribution in [0.15, 0.2) is 18.5 Å². The molecule has 2 amide bonds. The number of rotatable bonds is 5. The first-order chi connectivity index (χ1) is 9.99. The molecule has 0 aliphatic rings. The molecule has 0 aliphatic heterocycles. The van der Waals surface area contributed by atoms with E-state index >= 15 is 0 Å². The maximum atomic E-state index is 11.9. The van der Waals surface area contributed by atoms with E-state index in [1.54, 1.807) is 37.1 Å². The predicted molar refractivity (Wildman–Crippen MR) is 76.8 cm³/mol. The number of amides is 2. The third kappa shape index (κ3) is 3.68. The summed E-state index contributed by atoms with van der Waals surface area (Å²) in [5.74, 6) is -0.643. The fraction of sp³-hybridized carbons (Fsp3) is 0.385. The van der Waals surface area contributed by atoms with Crippen LogP contribution in [0.2, 0.25) is 0 Å². The standard InChI is InChI=1S/C13H18N6O2/c1-4-19-8-10(6-15-19)16-12(20)7-14-13(21)11-5-9(2)17-18(11)3/h5-6,8H,4,7H2,1-3H3,(H,14,21)(H,16,20). The number of aromatic nitrogens is 4. The van der Waals surface area contributed by atoms with Gasteiger partial charge in [-0.1, -0.05) is 0 Å². The van der Waals surface area contributed by atoms with Crippen molar-refractivity contribution in [3.8, 4) is 0 Å². The van der Waals surface area contributed by atoms with Crippen LogP contribution in [0.25, 0.3) is 0 Å². The molecule has 112 valence electrons. The first-order valence-electron chi connectivity index (χ1n) is 6.60. The van der Waals surface area contributed by atoms with Crippen molar-refractivity contribution in [2.75, 3.05) is 11.9 Å². The third-order valence-electron chi connectivity index (χ3n) is 2.89. The van der Waals surface area contributed by atoms with Gasteiger partial charge in [-0.25, -0.2) is 0 Å². The van der Waals surface area contributed by atoms with Crippen molar-refractivity contribution >= 4 is 17.5 Å². The molecule has 0 atom stereocenters. The Morgan fingerprint density at radius 2 is 2.14 bits per heavy atom. The highest BCUT2D eigenvalue weighted by molar-refractivity contribution is 5.98. The van der Waals surface area contributed by atoms with Gasteiger partial charge in [0.05, 0.1) is 24.1 Å². The van der Waals surface area contributed by atoms with Gasteiger partial charge in [-0.3, -0.25) is 19.0 Å². The molecule has 2 heterocycles. The highest BCUT2D eigenvalue weighted by atomic mass is 16.2. The van der Waals surface area contributed by atoms with Crippen molar-refractivity contribution in [2.45, 2.75) is 20.4 Å². The molecule has 0 aliphatic carbocycles. The minimum atomic E-state index is -0.336. The fourth-order valence-corrected chi connectivity index (χ4v) is 1.88. The van der Waals surface area contributed by atoms with Crippen LogP contribution in [0, 0.1) is 6.92 Å². The van der Waals surface area contributed by atoms with Gasteiger partial charge in [-0.2, -0.15) is 10.2 Å². The summed E-state index contributed by atoms with van der Waals surface area (Å²) in [5.41, 5.74) is 1.77. The summed E-state index contributed by atoms with van der Waals surface area (Å²) in [6.07, 6.45) is 3.29. The number of nitrogens with one attached hydrogen (secondary N) is 2. The zero-order chi connectivity index (χ0) is 15.4. The molecule has 8 nitrogen and oxygen atoms in total. The minimum absolute atomic E-state index is 0.111. The van der Waals surface area contributed by atoms with Crippen molar-refractivity contribution in [3.05, 3.63) is 29.8 Å². The van der Waals surface area contributed by atoms with E-state index < -0.39 is 0 Å². The molecule has 0 aromatic carbocycles. The fourth-order valence-electron chi connectivity index (χ4n) is 1.88. The summed E-state index contributed by atoms with van der Waals surface area (Å²) in [7, 11) is 1.68. The van der Waals surface area contributed by atoms with Crippen LogP contribution in [-0.4, -0.2) is 37.9 Å². The molecule has 2 rings (SSSR count). The average molecular weight is 290 g/mol. The molecule has 0 saturated carbocycles. The van der Waals surface area contributed by atoms with E-state index in [0.717, 1.165) is 12.2 Å². The van der Waals surface area contributed by atoms with Crippen molar-refractivity contribution in [1.29, 1.82) is 0 Å². The summed E-state index contributed by atoms with van der Waals surface area (Å²) >= 11 is 0. The van der Waals surface area contributed by atoms with Gasteiger partial charge in [0.25, 0.3) is 5.91 Å². The molecule has 0 unspecified atom stereocenters. The van der Waals surface area contributed by atoms with E-state index in [4.69, 9.17) is 0 Å². The summed E-state index contributed by atoms with van der Waals surface area (Å²) < 4.78 is 3.18. The Kier molecular flexibility index (Phi) is 4.36. The van der Waals surface area contributed by atoms with Crippen LogP contribution in [0.5, 0.6) is 0 Å². The average Bonchev–Trinajstić information content (AvgIpc) is 3.02. The normalized spacial score (nSPS) is 10.4. The smallest absolute Gasteiger partial charge is 0.269 e. The molecular weight excluding hydrogens is 272 g/mol. The second-order valence-electron chi connectivity index (χ2n) is 4.61. The number of anilines is 1. The lowest BCUT2D eigenvalue weighted by atomic mass is 10.3. The Labute approximate surface area is 122 Å². The van der Waals surface area contributed by atoms with Gasteiger partial charge in [0.1, 0.15) is 5.69 Å². The molecule has 21 heavy (non-hydrogen) atoms. The molecule has 0 fully saturated rings. The molecule has 2 N–H and O–H groups in total. The number of carbonyl (C=O) groups excluding carboxylic acids is 2. The first-order valence-corrected chi connectivity index (χ1v) is 6.60. The van der Waals surface area contributed by atoms with Crippen LogP contribution >= 0.6 is 0 Å². The van der Waals surface area contributed by atoms with Crippen LogP contribution in [-0.2, 0) is 18.4 Å².